The summed E-state index contributed by atoms with van der Waals surface area (Å²) in [4.78, 5) is 112. The van der Waals surface area contributed by atoms with Gasteiger partial charge in [0, 0.05) is 45.4 Å². The van der Waals surface area contributed by atoms with Crippen molar-refractivity contribution in [3.8, 4) is 47.4 Å². The lowest BCUT2D eigenvalue weighted by Gasteiger charge is -2.27. The van der Waals surface area contributed by atoms with Gasteiger partial charge in [-0.1, -0.05) is 13.8 Å². The number of aryl methyl sites for hydroxylation is 5. The lowest BCUT2D eigenvalue weighted by atomic mass is 9.92. The number of carbonyl (C=O) groups is 4. The van der Waals surface area contributed by atoms with Gasteiger partial charge in [-0.2, -0.15) is 0 Å². The van der Waals surface area contributed by atoms with E-state index in [2.05, 4.69) is 113 Å². The first-order valence-electron chi connectivity index (χ1n) is 41.0. The summed E-state index contributed by atoms with van der Waals surface area (Å²) in [6.45, 7) is 16.5. The Labute approximate surface area is 721 Å². The van der Waals surface area contributed by atoms with Crippen molar-refractivity contribution in [3.63, 3.8) is 0 Å². The van der Waals surface area contributed by atoms with Gasteiger partial charge in [0.2, 0.25) is 23.3 Å². The largest absolute Gasteiger partial charge is 0.389 e. The maximum Gasteiger partial charge on any atom is 0.209 e. The number of hydrogen-bond donors (Lipinski definition) is 11. The second-order valence-corrected chi connectivity index (χ2v) is 38.7. The molecular formula is C88H89N19O12S4. The molecule has 123 heavy (non-hydrogen) atoms. The molecule has 12 aromatic heterocycles. The quantitative estimate of drug-likeness (QED) is 0.0496. The van der Waals surface area contributed by atoms with E-state index in [1.165, 1.54) is 41.2 Å². The van der Waals surface area contributed by atoms with E-state index >= 15 is 0 Å². The molecule has 20 atom stereocenters. The van der Waals surface area contributed by atoms with Gasteiger partial charge >= 0.3 is 0 Å². The van der Waals surface area contributed by atoms with Crippen LogP contribution in [0.25, 0.3) is 44.7 Å². The molecule has 0 bridgehead atoms. The molecule has 632 valence electrons. The molecule has 9 aliphatic carbocycles. The molecule has 6 unspecified atom stereocenters. The number of aromatic nitrogens is 16. The molecule has 0 radical (unpaired) electrons. The van der Waals surface area contributed by atoms with Crippen molar-refractivity contribution in [1.82, 2.24) is 78.1 Å². The second-order valence-electron chi connectivity index (χ2n) is 33.6. The van der Waals surface area contributed by atoms with Gasteiger partial charge in [0.05, 0.1) is 121 Å². The van der Waals surface area contributed by atoms with Gasteiger partial charge in [0.15, 0.2) is 51.1 Å². The average Bonchev–Trinajstić information content (AvgIpc) is 1.53. The Hall–Kier alpha value is -11.0. The van der Waals surface area contributed by atoms with E-state index in [1.54, 1.807) is 98.9 Å². The third-order valence-corrected chi connectivity index (χ3v) is 30.4. The van der Waals surface area contributed by atoms with Gasteiger partial charge in [-0.25, -0.2) is 59.8 Å². The highest BCUT2D eigenvalue weighted by Crippen LogP contribution is 2.72. The first-order valence-corrected chi connectivity index (χ1v) is 44.3. The van der Waals surface area contributed by atoms with E-state index in [1.807, 2.05) is 87.7 Å². The highest BCUT2D eigenvalue weighted by molar-refractivity contribution is 7.13. The van der Waals surface area contributed by atoms with Crippen LogP contribution in [-0.4, -0.2) is 204 Å². The lowest BCUT2D eigenvalue weighted by molar-refractivity contribution is -0.130. The number of imidazole rings is 4. The predicted octanol–water partition coefficient (Wildman–Crippen LogP) is 7.55. The molecule has 12 aromatic rings. The predicted molar refractivity (Wildman–Crippen MR) is 460 cm³/mol. The van der Waals surface area contributed by atoms with Crippen LogP contribution in [0.3, 0.4) is 0 Å². The summed E-state index contributed by atoms with van der Waals surface area (Å²) in [5.74, 6) is 26.4. The third-order valence-electron chi connectivity index (χ3n) is 26.7. The fourth-order valence-corrected chi connectivity index (χ4v) is 22.8. The van der Waals surface area contributed by atoms with E-state index in [-0.39, 0.29) is 58.4 Å². The molecule has 9 aliphatic rings. The van der Waals surface area contributed by atoms with Gasteiger partial charge in [0.25, 0.3) is 0 Å². The smallest absolute Gasteiger partial charge is 0.209 e. The van der Waals surface area contributed by atoms with Gasteiger partial charge < -0.3 is 75.5 Å². The highest BCUT2D eigenvalue weighted by Gasteiger charge is 2.77. The van der Waals surface area contributed by atoms with Crippen molar-refractivity contribution in [2.45, 2.75) is 199 Å². The maximum absolute atomic E-state index is 12.7. The van der Waals surface area contributed by atoms with Gasteiger partial charge in [-0.15, -0.1) is 45.3 Å². The molecule has 0 aliphatic heterocycles. The van der Waals surface area contributed by atoms with E-state index in [4.69, 9.17) is 10.7 Å². The number of aliphatic hydroxyl groups excluding tert-OH is 8. The number of fused-ring (bicyclic) bond motifs is 8. The summed E-state index contributed by atoms with van der Waals surface area (Å²) < 4.78 is 7.07. The zero-order valence-corrected chi connectivity index (χ0v) is 71.9. The minimum Gasteiger partial charge on any atom is -0.389 e. The molecule has 35 heteroatoms. The fraction of sp³-hybridized carbons (Fsp3) is 0.455. The maximum atomic E-state index is 12.7. The molecular weight excluding hydrogens is 1640 g/mol. The summed E-state index contributed by atoms with van der Waals surface area (Å²) in [7, 11) is 1.75. The van der Waals surface area contributed by atoms with Gasteiger partial charge in [-0.3, -0.25) is 19.2 Å². The first-order chi connectivity index (χ1) is 59.0. The number of aliphatic hydroxyl groups is 8. The van der Waals surface area contributed by atoms with E-state index in [0.717, 1.165) is 37.2 Å². The molecule has 12 heterocycles. The minimum atomic E-state index is -1.10. The number of nitrogens with two attached hydrogens (primary N) is 1. The summed E-state index contributed by atoms with van der Waals surface area (Å²) >= 11 is 6.41. The molecule has 0 amide bonds. The zero-order valence-electron chi connectivity index (χ0n) is 68.7. The fourth-order valence-electron chi connectivity index (χ4n) is 19.9. The first kappa shape index (κ1) is 82.9. The Kier molecular flexibility index (Phi) is 21.1. The number of ketones is 4. The lowest BCUT2D eigenvalue weighted by Crippen LogP contribution is -2.37. The molecule has 31 nitrogen and oxygen atoms in total. The Balaban J connectivity index is 0.000000112. The Morgan fingerprint density at radius 3 is 1.07 bits per heavy atom. The van der Waals surface area contributed by atoms with Crippen LogP contribution in [0.5, 0.6) is 0 Å². The van der Waals surface area contributed by atoms with Crippen LogP contribution in [0, 0.1) is 127 Å². The standard InChI is InChI=1S/C25H27N5O3S.C22H22N4O3S.C21H21N5O3S.C20H19N5O3S/c1-3-17(31)25-11-16(25)20(21(32)22(25)33)30-12-26-19-23(27-14-5-4-6-14)28-18(29-24(19)30)10-9-15-8-7-13(2)34-15;1-4-15(27)22-9-14(22)18(19(28)20(22)29)26-10-23-17-12(3)24-16(25-21(17)26)8-7-13-6-5-11(2)30-13;1-10-4-5-12(30-10)6-7-14-24-19(22-3)15-20(25-14)26(9-23-15)16-13-8-21(13,11(2)27)18(29)17(16)28;1-9-3-4-11(29-9)5-6-13-23-18(21)14-19(24-13)25(8-22-14)15-12-7-20(12,10(2)26)17(28)16(15)27/h7-8,12,14,16,20-22,32-33H,3-6,11H2,1-2H3,(H,27,28,29);5-6,10,14,18-20,28-29H,4,9H2,1-3H3;4-5,9,13,16-18,28-29H,8H2,1-3H3,(H,22,24,25);3-4,8,12,15-17,27-28H,7H2,1-2H3,(H2,21,23,24)/t16-,20-,21?,22-,25-;14-,18-,19?,20-,22-;13?,16-,17+,18?,21+;12?,15-,16+,17?,20+/m1111/s1. The van der Waals surface area contributed by atoms with Crippen LogP contribution >= 0.6 is 45.3 Å². The summed E-state index contributed by atoms with van der Waals surface area (Å²) in [5, 5.41) is 92.1. The number of hydrogen-bond acceptors (Lipinski definition) is 31. The van der Waals surface area contributed by atoms with Gasteiger partial charge in [0.1, 0.15) is 58.6 Å². The molecule has 21 rings (SSSR count). The number of Topliss-reactive ketones (excluding diaryl/α,β-unsaturated/α-hetero) is 4. The Bertz CT molecular complexity index is 6610. The molecule has 0 saturated heterocycles. The number of anilines is 3. The van der Waals surface area contributed by atoms with E-state index in [9.17, 15) is 60.0 Å². The van der Waals surface area contributed by atoms with Crippen molar-refractivity contribution in [1.29, 1.82) is 0 Å². The Morgan fingerprint density at radius 2 is 0.732 bits per heavy atom. The SMILES string of the molecule is CC(=O)[C@@]12CC1[C@@H](n1cnc3c(N)nc(C#Cc4ccc(C)s4)nc31)[C@H](O)C2O.CCC(=O)[C@@]12C[C@@H]1[C@@H](n1cnc3c(C)nc(C#Cc4ccc(C)s4)nc31)C(O)[C@H]2O.CCC(=O)[C@@]12C[C@@H]1[C@@H](n1cnc3c(NC4CCC4)nc(C#Cc4ccc(C)s4)nc31)C(O)[C@H]2O.CNc1nc(C#Cc2ccc(C)s2)nc2c1ncn2[C@@H]1C2C[C@@]2(C(C)=O)C(O)[C@H]1O. The second kappa shape index (κ2) is 31.3. The number of carbonyl (C=O) groups excluding carboxylic acids is 4. The molecule has 9 saturated carbocycles. The molecule has 0 aromatic carbocycles. The average molecular weight is 1730 g/mol. The van der Waals surface area contributed by atoms with Crippen LogP contribution in [-0.2, 0) is 19.2 Å². The highest BCUT2D eigenvalue weighted by atomic mass is 32.1. The van der Waals surface area contributed by atoms with Crippen LogP contribution in [0.1, 0.15) is 178 Å². The number of thiophene rings is 4. The van der Waals surface area contributed by atoms with Crippen molar-refractivity contribution >= 4 is 131 Å². The summed E-state index contributed by atoms with van der Waals surface area (Å²) in [5.41, 5.74) is 7.63. The van der Waals surface area contributed by atoms with Crippen molar-refractivity contribution in [2.75, 3.05) is 23.4 Å². The van der Waals surface area contributed by atoms with Crippen LogP contribution in [0.2, 0.25) is 0 Å². The van der Waals surface area contributed by atoms with Crippen LogP contribution < -0.4 is 16.4 Å². The van der Waals surface area contributed by atoms with Crippen LogP contribution in [0.4, 0.5) is 17.5 Å². The zero-order chi connectivity index (χ0) is 86.5. The molecule has 0 spiro atoms. The number of nitrogens with one attached hydrogen (secondary N) is 2. The minimum absolute atomic E-state index is 0.00887. The van der Waals surface area contributed by atoms with Crippen molar-refractivity contribution < 1.29 is 60.0 Å². The van der Waals surface area contributed by atoms with E-state index in [0.29, 0.717) is 124 Å². The summed E-state index contributed by atoms with van der Waals surface area (Å²) in [6.07, 6.45) is 4.08. The normalized spacial score (nSPS) is 29.7. The number of rotatable bonds is 13. The topological polar surface area (TPSA) is 455 Å². The van der Waals surface area contributed by atoms with E-state index < -0.39 is 94.7 Å². The van der Waals surface area contributed by atoms with Gasteiger partial charge in [-0.05, 0) is 213 Å². The monoisotopic (exact) mass is 1730 g/mol. The molecule has 12 N–H and O–H groups in total. The van der Waals surface area contributed by atoms with Crippen LogP contribution in [0.15, 0.2) is 73.8 Å². The van der Waals surface area contributed by atoms with Crippen molar-refractivity contribution in [3.05, 3.63) is 142 Å². The number of nitrogens with zero attached hydrogens (tertiary/aromatic N) is 16. The summed E-state index contributed by atoms with van der Waals surface area (Å²) in [6, 6.07) is 14.3. The van der Waals surface area contributed by atoms with Crippen molar-refractivity contribution in [2.24, 2.45) is 45.3 Å². The Morgan fingerprint density at radius 1 is 0.423 bits per heavy atom. The third kappa shape index (κ3) is 13.8. The number of nitrogen functional groups attached to an aromatic ring is 1. The molecule has 9 fully saturated rings.